The summed E-state index contributed by atoms with van der Waals surface area (Å²) < 4.78 is 16.4. The van der Waals surface area contributed by atoms with Crippen molar-refractivity contribution in [2.45, 2.75) is 45.1 Å². The van der Waals surface area contributed by atoms with Gasteiger partial charge in [0.2, 0.25) is 0 Å². The monoisotopic (exact) mass is 477 g/mol. The highest BCUT2D eigenvalue weighted by Gasteiger charge is 2.13. The molecule has 0 bridgehead atoms. The summed E-state index contributed by atoms with van der Waals surface area (Å²) in [4.78, 5) is 4.23. The fraction of sp³-hybridized carbons (Fsp3) is 0.632. The fourth-order valence-electron chi connectivity index (χ4n) is 2.72. The smallest absolute Gasteiger partial charge is 0.191 e. The lowest BCUT2D eigenvalue weighted by Gasteiger charge is -2.22. The molecule has 1 unspecified atom stereocenters. The van der Waals surface area contributed by atoms with Gasteiger partial charge in [-0.1, -0.05) is 24.3 Å². The standard InChI is InChI=1S/C19H31N3O3.HI/c1-15(13-23-3)22-19(20-2)21-12-16-4-6-17(7-5-16)14-25-18-8-10-24-11-9-18;/h4-7,15,18H,8-14H2,1-3H3,(H2,20,21,22);1H. The zero-order valence-electron chi connectivity index (χ0n) is 16.0. The van der Waals surface area contributed by atoms with Gasteiger partial charge in [0.05, 0.1) is 19.3 Å². The summed E-state index contributed by atoms with van der Waals surface area (Å²) in [5.41, 5.74) is 2.41. The molecule has 26 heavy (non-hydrogen) atoms. The molecule has 1 aromatic rings. The zero-order chi connectivity index (χ0) is 17.9. The summed E-state index contributed by atoms with van der Waals surface area (Å²) in [6.07, 6.45) is 2.32. The maximum Gasteiger partial charge on any atom is 0.191 e. The van der Waals surface area contributed by atoms with Crippen molar-refractivity contribution in [3.05, 3.63) is 35.4 Å². The molecule has 1 heterocycles. The van der Waals surface area contributed by atoms with Crippen LogP contribution in [0.3, 0.4) is 0 Å². The summed E-state index contributed by atoms with van der Waals surface area (Å²) in [6.45, 7) is 5.71. The molecular weight excluding hydrogens is 445 g/mol. The zero-order valence-corrected chi connectivity index (χ0v) is 18.3. The van der Waals surface area contributed by atoms with Crippen molar-refractivity contribution in [3.8, 4) is 0 Å². The van der Waals surface area contributed by atoms with E-state index >= 15 is 0 Å². The van der Waals surface area contributed by atoms with E-state index in [1.807, 2.05) is 0 Å². The molecule has 0 saturated carbocycles. The van der Waals surface area contributed by atoms with Crippen molar-refractivity contribution in [2.75, 3.05) is 34.0 Å². The molecule has 0 radical (unpaired) electrons. The lowest BCUT2D eigenvalue weighted by molar-refractivity contribution is -0.0390. The number of halogens is 1. The van der Waals surface area contributed by atoms with Crippen LogP contribution in [0.25, 0.3) is 0 Å². The van der Waals surface area contributed by atoms with Crippen molar-refractivity contribution in [1.82, 2.24) is 10.6 Å². The number of nitrogens with one attached hydrogen (secondary N) is 2. The molecule has 1 aliphatic rings. The van der Waals surface area contributed by atoms with Crippen LogP contribution in [-0.2, 0) is 27.4 Å². The molecule has 1 fully saturated rings. The fourth-order valence-corrected chi connectivity index (χ4v) is 2.72. The highest BCUT2D eigenvalue weighted by atomic mass is 127. The van der Waals surface area contributed by atoms with Gasteiger partial charge in [0, 0.05) is 40.0 Å². The molecule has 0 amide bonds. The Hall–Kier alpha value is -0.900. The van der Waals surface area contributed by atoms with E-state index < -0.39 is 0 Å². The summed E-state index contributed by atoms with van der Waals surface area (Å²) >= 11 is 0. The molecule has 0 aromatic heterocycles. The number of methoxy groups -OCH3 is 1. The van der Waals surface area contributed by atoms with Crippen LogP contribution in [0.1, 0.15) is 30.9 Å². The largest absolute Gasteiger partial charge is 0.383 e. The quantitative estimate of drug-likeness (QED) is 0.343. The molecular formula is C19H32IN3O3. The van der Waals surface area contributed by atoms with Crippen molar-refractivity contribution >= 4 is 29.9 Å². The Morgan fingerprint density at radius 3 is 2.50 bits per heavy atom. The van der Waals surface area contributed by atoms with Gasteiger partial charge < -0.3 is 24.8 Å². The average Bonchev–Trinajstić information content (AvgIpc) is 2.65. The first-order valence-electron chi connectivity index (χ1n) is 8.94. The topological polar surface area (TPSA) is 64.1 Å². The molecule has 1 aliphatic heterocycles. The van der Waals surface area contributed by atoms with Gasteiger partial charge in [0.25, 0.3) is 0 Å². The number of benzene rings is 1. The molecule has 0 aliphatic carbocycles. The number of hydrogen-bond donors (Lipinski definition) is 2. The van der Waals surface area contributed by atoms with Crippen LogP contribution in [0.2, 0.25) is 0 Å². The number of nitrogens with zero attached hydrogens (tertiary/aromatic N) is 1. The van der Waals surface area contributed by atoms with Gasteiger partial charge in [-0.2, -0.15) is 0 Å². The third-order valence-electron chi connectivity index (χ3n) is 4.16. The minimum atomic E-state index is 0. The Morgan fingerprint density at radius 1 is 1.23 bits per heavy atom. The minimum absolute atomic E-state index is 0. The SMILES string of the molecule is CN=C(NCc1ccc(COC2CCOCC2)cc1)NC(C)COC.I. The molecule has 1 atom stereocenters. The van der Waals surface area contributed by atoms with Gasteiger partial charge in [-0.05, 0) is 30.9 Å². The first-order chi connectivity index (χ1) is 12.2. The molecule has 1 aromatic carbocycles. The molecule has 1 saturated heterocycles. The number of rotatable bonds is 8. The first-order valence-corrected chi connectivity index (χ1v) is 8.94. The minimum Gasteiger partial charge on any atom is -0.383 e. The molecule has 148 valence electrons. The normalized spacial score (nSPS) is 16.7. The maximum atomic E-state index is 5.95. The number of aliphatic imine (C=N–C) groups is 1. The lowest BCUT2D eigenvalue weighted by atomic mass is 10.1. The van der Waals surface area contributed by atoms with E-state index in [9.17, 15) is 0 Å². The van der Waals surface area contributed by atoms with Gasteiger partial charge in [-0.15, -0.1) is 24.0 Å². The van der Waals surface area contributed by atoms with Crippen LogP contribution >= 0.6 is 24.0 Å². The second kappa shape index (κ2) is 13.3. The highest BCUT2D eigenvalue weighted by Crippen LogP contribution is 2.14. The number of hydrogen-bond acceptors (Lipinski definition) is 4. The van der Waals surface area contributed by atoms with Crippen LogP contribution < -0.4 is 10.6 Å². The summed E-state index contributed by atoms with van der Waals surface area (Å²) in [5, 5.41) is 6.61. The van der Waals surface area contributed by atoms with Crippen LogP contribution in [0.4, 0.5) is 0 Å². The van der Waals surface area contributed by atoms with E-state index in [2.05, 4.69) is 46.8 Å². The van der Waals surface area contributed by atoms with Gasteiger partial charge >= 0.3 is 0 Å². The van der Waals surface area contributed by atoms with Gasteiger partial charge in [0.1, 0.15) is 0 Å². The summed E-state index contributed by atoms with van der Waals surface area (Å²) in [5.74, 6) is 0.775. The Morgan fingerprint density at radius 2 is 1.88 bits per heavy atom. The van der Waals surface area contributed by atoms with Gasteiger partial charge in [-0.3, -0.25) is 4.99 Å². The third kappa shape index (κ3) is 8.66. The average molecular weight is 477 g/mol. The van der Waals surface area contributed by atoms with E-state index in [-0.39, 0.29) is 30.0 Å². The van der Waals surface area contributed by atoms with Crippen molar-refractivity contribution < 1.29 is 14.2 Å². The first kappa shape index (κ1) is 23.1. The molecule has 0 spiro atoms. The molecule has 2 rings (SSSR count). The Kier molecular flexibility index (Phi) is 11.8. The Labute approximate surface area is 174 Å². The Balaban J connectivity index is 0.00000338. The maximum absolute atomic E-state index is 5.95. The van der Waals surface area contributed by atoms with Crippen LogP contribution in [-0.4, -0.2) is 52.1 Å². The second-order valence-electron chi connectivity index (χ2n) is 6.37. The summed E-state index contributed by atoms with van der Waals surface area (Å²) in [6, 6.07) is 8.71. The van der Waals surface area contributed by atoms with E-state index in [1.54, 1.807) is 14.2 Å². The predicted octanol–water partition coefficient (Wildman–Crippen LogP) is 2.70. The van der Waals surface area contributed by atoms with Crippen molar-refractivity contribution in [2.24, 2.45) is 4.99 Å². The third-order valence-corrected chi connectivity index (χ3v) is 4.16. The molecule has 2 N–H and O–H groups in total. The van der Waals surface area contributed by atoms with Crippen LogP contribution in [0, 0.1) is 0 Å². The van der Waals surface area contributed by atoms with Crippen molar-refractivity contribution in [3.63, 3.8) is 0 Å². The van der Waals surface area contributed by atoms with E-state index in [4.69, 9.17) is 14.2 Å². The van der Waals surface area contributed by atoms with Crippen molar-refractivity contribution in [1.29, 1.82) is 0 Å². The van der Waals surface area contributed by atoms with E-state index in [0.29, 0.717) is 19.3 Å². The van der Waals surface area contributed by atoms with Gasteiger partial charge in [-0.25, -0.2) is 0 Å². The molecule has 6 nitrogen and oxygen atoms in total. The van der Waals surface area contributed by atoms with Crippen LogP contribution in [0.15, 0.2) is 29.3 Å². The molecule has 7 heteroatoms. The van der Waals surface area contributed by atoms with Gasteiger partial charge in [0.15, 0.2) is 5.96 Å². The second-order valence-corrected chi connectivity index (χ2v) is 6.37. The number of guanidine groups is 1. The highest BCUT2D eigenvalue weighted by molar-refractivity contribution is 14.0. The Bertz CT molecular complexity index is 519. The lowest BCUT2D eigenvalue weighted by Crippen LogP contribution is -2.43. The van der Waals surface area contributed by atoms with Crippen LogP contribution in [0.5, 0.6) is 0 Å². The summed E-state index contributed by atoms with van der Waals surface area (Å²) in [7, 11) is 3.47. The predicted molar refractivity (Wildman–Crippen MR) is 115 cm³/mol. The number of ether oxygens (including phenoxy) is 3. The van der Waals surface area contributed by atoms with E-state index in [0.717, 1.165) is 38.6 Å². The van der Waals surface area contributed by atoms with E-state index in [1.165, 1.54) is 11.1 Å².